The second-order valence-corrected chi connectivity index (χ2v) is 4.80. The zero-order chi connectivity index (χ0) is 9.00. The van der Waals surface area contributed by atoms with Crippen LogP contribution < -0.4 is 0 Å². The van der Waals surface area contributed by atoms with Gasteiger partial charge in [0.05, 0.1) is 0 Å². The van der Waals surface area contributed by atoms with Crippen molar-refractivity contribution < 1.29 is 10.2 Å². The predicted molar refractivity (Wildman–Crippen MR) is 48.9 cm³/mol. The van der Waals surface area contributed by atoms with Crippen molar-refractivity contribution in [3.8, 4) is 0 Å². The Kier molecular flexibility index (Phi) is 1.59. The van der Waals surface area contributed by atoms with E-state index in [4.69, 9.17) is 0 Å². The fourth-order valence-corrected chi connectivity index (χ4v) is 3.67. The number of rotatable bonds is 2. The number of aliphatic hydroxyl groups is 2. The van der Waals surface area contributed by atoms with Gasteiger partial charge >= 0.3 is 0 Å². The quantitative estimate of drug-likeness (QED) is 0.613. The van der Waals surface area contributed by atoms with Crippen LogP contribution >= 0.6 is 0 Å². The molecule has 2 saturated carbocycles. The molecule has 4 aliphatic rings. The number of hydrogen-bond acceptors (Lipinski definition) is 2. The summed E-state index contributed by atoms with van der Waals surface area (Å²) in [6.07, 6.45) is 5.90. The molecule has 0 aromatic rings. The first kappa shape index (κ1) is 8.01. The molecule has 0 aliphatic heterocycles. The van der Waals surface area contributed by atoms with Crippen molar-refractivity contribution in [2.45, 2.75) is 6.42 Å². The van der Waals surface area contributed by atoms with E-state index in [1.165, 1.54) is 6.42 Å². The average Bonchev–Trinajstić information content (AvgIpc) is 2.97. The van der Waals surface area contributed by atoms with Crippen molar-refractivity contribution in [2.24, 2.45) is 35.5 Å². The van der Waals surface area contributed by atoms with E-state index < -0.39 is 0 Å². The maximum absolute atomic E-state index is 9.31. The summed E-state index contributed by atoms with van der Waals surface area (Å²) in [4.78, 5) is 0. The number of hydrogen-bond donors (Lipinski definition) is 2. The summed E-state index contributed by atoms with van der Waals surface area (Å²) in [5, 5.41) is 18.6. The first-order valence-corrected chi connectivity index (χ1v) is 5.27. The van der Waals surface area contributed by atoms with Gasteiger partial charge in [0.1, 0.15) is 0 Å². The second kappa shape index (κ2) is 2.58. The Morgan fingerprint density at radius 2 is 1.38 bits per heavy atom. The molecular formula is C11H16O2. The lowest BCUT2D eigenvalue weighted by Crippen LogP contribution is -2.42. The summed E-state index contributed by atoms with van der Waals surface area (Å²) in [7, 11) is 0. The van der Waals surface area contributed by atoms with Crippen molar-refractivity contribution in [3.05, 3.63) is 12.2 Å². The van der Waals surface area contributed by atoms with Crippen molar-refractivity contribution in [3.63, 3.8) is 0 Å². The van der Waals surface area contributed by atoms with E-state index in [9.17, 15) is 10.2 Å². The molecule has 0 heterocycles. The zero-order valence-electron chi connectivity index (χ0n) is 7.63. The molecule has 13 heavy (non-hydrogen) atoms. The molecular weight excluding hydrogens is 164 g/mol. The second-order valence-electron chi connectivity index (χ2n) is 4.80. The molecule has 2 bridgehead atoms. The minimum atomic E-state index is 0.250. The van der Waals surface area contributed by atoms with E-state index in [0.717, 1.165) is 11.8 Å². The molecule has 2 fully saturated rings. The molecule has 6 atom stereocenters. The summed E-state index contributed by atoms with van der Waals surface area (Å²) >= 11 is 0. The molecule has 2 N–H and O–H groups in total. The van der Waals surface area contributed by atoms with E-state index >= 15 is 0 Å². The maximum Gasteiger partial charge on any atom is 0.0468 e. The fraction of sp³-hybridized carbons (Fsp3) is 0.818. The van der Waals surface area contributed by atoms with Gasteiger partial charge in [0.25, 0.3) is 0 Å². The number of fused-ring (bicyclic) bond motifs is 1. The molecule has 0 spiro atoms. The van der Waals surface area contributed by atoms with Crippen LogP contribution in [-0.2, 0) is 0 Å². The van der Waals surface area contributed by atoms with E-state index in [1.807, 2.05) is 0 Å². The van der Waals surface area contributed by atoms with Crippen LogP contribution in [0.4, 0.5) is 0 Å². The Labute approximate surface area is 78.3 Å². The Bertz CT molecular complexity index is 224. The third-order valence-electron chi connectivity index (χ3n) is 4.40. The van der Waals surface area contributed by atoms with Gasteiger partial charge in [-0.3, -0.25) is 0 Å². The van der Waals surface area contributed by atoms with E-state index in [0.29, 0.717) is 23.7 Å². The smallest absolute Gasteiger partial charge is 0.0468 e. The third-order valence-corrected chi connectivity index (χ3v) is 4.40. The molecule has 0 saturated heterocycles. The largest absolute Gasteiger partial charge is 0.396 e. The number of allylic oxidation sites excluding steroid dienone is 2. The van der Waals surface area contributed by atoms with Crippen LogP contribution in [0.2, 0.25) is 0 Å². The van der Waals surface area contributed by atoms with Crippen LogP contribution in [0.3, 0.4) is 0 Å². The van der Waals surface area contributed by atoms with Gasteiger partial charge in [-0.1, -0.05) is 12.2 Å². The van der Waals surface area contributed by atoms with Gasteiger partial charge in [0.2, 0.25) is 0 Å². The molecule has 4 aliphatic carbocycles. The van der Waals surface area contributed by atoms with Crippen LogP contribution in [-0.4, -0.2) is 23.4 Å². The van der Waals surface area contributed by atoms with Crippen LogP contribution in [0.1, 0.15) is 6.42 Å². The van der Waals surface area contributed by atoms with Gasteiger partial charge in [-0.05, 0) is 41.9 Å². The van der Waals surface area contributed by atoms with Crippen molar-refractivity contribution in [2.75, 3.05) is 13.2 Å². The van der Waals surface area contributed by atoms with Crippen LogP contribution in [0.25, 0.3) is 0 Å². The van der Waals surface area contributed by atoms with Gasteiger partial charge in [-0.2, -0.15) is 0 Å². The first-order valence-electron chi connectivity index (χ1n) is 5.27. The SMILES string of the molecule is OC[C@@H]1[C@H]2C=C[C@H]([C@@H]1CO)[C@@H]1C[C@H]21. The Morgan fingerprint density at radius 1 is 0.923 bits per heavy atom. The van der Waals surface area contributed by atoms with Gasteiger partial charge in [-0.25, -0.2) is 0 Å². The van der Waals surface area contributed by atoms with E-state index in [1.54, 1.807) is 0 Å². The highest BCUT2D eigenvalue weighted by atomic mass is 16.3. The molecule has 0 amide bonds. The van der Waals surface area contributed by atoms with Gasteiger partial charge in [0, 0.05) is 13.2 Å². The zero-order valence-corrected chi connectivity index (χ0v) is 7.63. The molecule has 2 nitrogen and oxygen atoms in total. The van der Waals surface area contributed by atoms with E-state index in [-0.39, 0.29) is 13.2 Å². The van der Waals surface area contributed by atoms with Crippen LogP contribution in [0.15, 0.2) is 12.2 Å². The van der Waals surface area contributed by atoms with Crippen molar-refractivity contribution >= 4 is 0 Å². The Morgan fingerprint density at radius 3 is 1.77 bits per heavy atom. The lowest BCUT2D eigenvalue weighted by molar-refractivity contribution is 0.0207. The molecule has 72 valence electrons. The summed E-state index contributed by atoms with van der Waals surface area (Å²) in [5.41, 5.74) is 0. The minimum absolute atomic E-state index is 0.250. The highest BCUT2D eigenvalue weighted by Gasteiger charge is 2.58. The van der Waals surface area contributed by atoms with Crippen LogP contribution in [0.5, 0.6) is 0 Å². The lowest BCUT2D eigenvalue weighted by Gasteiger charge is -2.43. The summed E-state index contributed by atoms with van der Waals surface area (Å²) in [6.45, 7) is 0.500. The molecule has 4 rings (SSSR count). The van der Waals surface area contributed by atoms with Crippen molar-refractivity contribution in [1.82, 2.24) is 0 Å². The maximum atomic E-state index is 9.31. The predicted octanol–water partition coefficient (Wildman–Crippen LogP) is 0.655. The van der Waals surface area contributed by atoms with Gasteiger partial charge in [0.15, 0.2) is 0 Å². The van der Waals surface area contributed by atoms with Gasteiger partial charge in [-0.15, -0.1) is 0 Å². The lowest BCUT2D eigenvalue weighted by atomic mass is 9.63. The van der Waals surface area contributed by atoms with Gasteiger partial charge < -0.3 is 10.2 Å². The average molecular weight is 180 g/mol. The first-order chi connectivity index (χ1) is 6.36. The Hall–Kier alpha value is -0.340. The monoisotopic (exact) mass is 180 g/mol. The summed E-state index contributed by atoms with van der Waals surface area (Å²) in [5.74, 6) is 3.49. The normalized spacial score (nSPS) is 56.5. The molecule has 0 aromatic heterocycles. The number of aliphatic hydroxyl groups excluding tert-OH is 2. The summed E-state index contributed by atoms with van der Waals surface area (Å²) in [6, 6.07) is 0. The minimum Gasteiger partial charge on any atom is -0.396 e. The molecule has 0 radical (unpaired) electrons. The van der Waals surface area contributed by atoms with Crippen LogP contribution in [0, 0.1) is 35.5 Å². The van der Waals surface area contributed by atoms with Crippen molar-refractivity contribution in [1.29, 1.82) is 0 Å². The summed E-state index contributed by atoms with van der Waals surface area (Å²) < 4.78 is 0. The fourth-order valence-electron chi connectivity index (χ4n) is 3.67. The standard InChI is InChI=1S/C11H16O2/c12-4-10-6-1-2-7(11(10)5-13)9-3-8(6)9/h1-2,6-13H,3-5H2/t6-,7-,8-,9+,10-,11+/m0/s1. The topological polar surface area (TPSA) is 40.5 Å². The third kappa shape index (κ3) is 0.906. The molecule has 2 heteroatoms. The Balaban J connectivity index is 1.93. The molecule has 0 aromatic carbocycles. The van der Waals surface area contributed by atoms with E-state index in [2.05, 4.69) is 12.2 Å². The highest BCUT2D eigenvalue weighted by Crippen LogP contribution is 2.63. The highest BCUT2D eigenvalue weighted by molar-refractivity contribution is 5.20. The molecule has 0 unspecified atom stereocenters.